The third-order valence-corrected chi connectivity index (χ3v) is 7.11. The first-order valence-electron chi connectivity index (χ1n) is 9.40. The molecule has 0 amide bonds. The number of fused-ring (bicyclic) bond motifs is 7. The van der Waals surface area contributed by atoms with Gasteiger partial charge in [0.2, 0.25) is 0 Å². The van der Waals surface area contributed by atoms with E-state index in [1.165, 1.54) is 48.3 Å². The molecule has 0 fully saturated rings. The summed E-state index contributed by atoms with van der Waals surface area (Å²) in [4.78, 5) is 5.15. The summed E-state index contributed by atoms with van der Waals surface area (Å²) in [7, 11) is 0. The molecule has 1 N–H and O–H groups in total. The second-order valence-electron chi connectivity index (χ2n) is 7.27. The van der Waals surface area contributed by atoms with Gasteiger partial charge in [-0.25, -0.2) is 0 Å². The Morgan fingerprint density at radius 2 is 1.81 bits per heavy atom. The van der Waals surface area contributed by atoms with E-state index in [1.54, 1.807) is 5.56 Å². The predicted octanol–water partition coefficient (Wildman–Crippen LogP) is 6.88. The molecule has 4 aromatic rings. The van der Waals surface area contributed by atoms with Gasteiger partial charge in [-0.05, 0) is 53.8 Å². The number of para-hydroxylation sites is 1. The normalized spacial score (nSPS) is 15.9. The Morgan fingerprint density at radius 3 is 2.73 bits per heavy atom. The first-order chi connectivity index (χ1) is 12.9. The quantitative estimate of drug-likeness (QED) is 0.384. The number of allylic oxidation sites excluding steroid dienone is 4. The lowest BCUT2D eigenvalue weighted by atomic mass is 9.91. The Morgan fingerprint density at radius 1 is 0.885 bits per heavy atom. The number of H-pyrrole nitrogens is 1. The minimum atomic E-state index is 1.11. The lowest BCUT2D eigenvalue weighted by Gasteiger charge is -2.13. The van der Waals surface area contributed by atoms with E-state index in [0.717, 1.165) is 25.7 Å². The van der Waals surface area contributed by atoms with Gasteiger partial charge in [0.15, 0.2) is 0 Å². The van der Waals surface area contributed by atoms with Crippen LogP contribution < -0.4 is 0 Å². The van der Waals surface area contributed by atoms with Crippen LogP contribution in [-0.2, 0) is 12.8 Å². The summed E-state index contributed by atoms with van der Waals surface area (Å²) in [5.41, 5.74) is 8.60. The van der Waals surface area contributed by atoms with Crippen molar-refractivity contribution in [3.05, 3.63) is 77.5 Å². The van der Waals surface area contributed by atoms with Crippen molar-refractivity contribution in [3.8, 4) is 10.4 Å². The number of nitrogens with one attached hydrogen (secondary N) is 1. The SMILES string of the molecule is C1=CCCC(c2cccc3c4c(sc23)-c2c([nH]c3ccccc23)CC4)=C1. The van der Waals surface area contributed by atoms with Crippen LogP contribution in [0.2, 0.25) is 0 Å². The van der Waals surface area contributed by atoms with E-state index in [2.05, 4.69) is 65.7 Å². The molecular weight excluding hydrogens is 334 g/mol. The number of thiophene rings is 1. The van der Waals surface area contributed by atoms with Gasteiger partial charge in [-0.2, -0.15) is 0 Å². The van der Waals surface area contributed by atoms with Crippen LogP contribution in [0.3, 0.4) is 0 Å². The van der Waals surface area contributed by atoms with Crippen LogP contribution in [0.4, 0.5) is 0 Å². The zero-order chi connectivity index (χ0) is 17.1. The van der Waals surface area contributed by atoms with Gasteiger partial charge < -0.3 is 4.98 Å². The number of hydrogen-bond acceptors (Lipinski definition) is 1. The maximum Gasteiger partial charge on any atom is 0.0462 e. The average Bonchev–Trinajstić information content (AvgIpc) is 3.26. The molecule has 0 bridgehead atoms. The van der Waals surface area contributed by atoms with E-state index in [4.69, 9.17) is 0 Å². The summed E-state index contributed by atoms with van der Waals surface area (Å²) in [5, 5.41) is 2.84. The number of hydrogen-bond donors (Lipinski definition) is 1. The van der Waals surface area contributed by atoms with E-state index >= 15 is 0 Å². The molecule has 0 aliphatic heterocycles. The predicted molar refractivity (Wildman–Crippen MR) is 113 cm³/mol. The average molecular weight is 353 g/mol. The largest absolute Gasteiger partial charge is 0.358 e. The summed E-state index contributed by atoms with van der Waals surface area (Å²) >= 11 is 2.00. The molecule has 0 saturated heterocycles. The van der Waals surface area contributed by atoms with Crippen LogP contribution in [0.5, 0.6) is 0 Å². The van der Waals surface area contributed by atoms with Crippen molar-refractivity contribution in [3.63, 3.8) is 0 Å². The summed E-state index contributed by atoms with van der Waals surface area (Å²) in [6.45, 7) is 0. The topological polar surface area (TPSA) is 15.8 Å². The third-order valence-electron chi connectivity index (χ3n) is 5.81. The van der Waals surface area contributed by atoms with Gasteiger partial charge >= 0.3 is 0 Å². The van der Waals surface area contributed by atoms with E-state index in [-0.39, 0.29) is 0 Å². The van der Waals surface area contributed by atoms with E-state index in [0.29, 0.717) is 0 Å². The van der Waals surface area contributed by atoms with Gasteiger partial charge in [0.1, 0.15) is 0 Å². The lowest BCUT2D eigenvalue weighted by molar-refractivity contribution is 0.927. The van der Waals surface area contributed by atoms with Crippen molar-refractivity contribution < 1.29 is 0 Å². The third kappa shape index (κ3) is 1.96. The summed E-state index contributed by atoms with van der Waals surface area (Å²) < 4.78 is 1.47. The molecule has 2 aromatic heterocycles. The van der Waals surface area contributed by atoms with Crippen molar-refractivity contribution in [2.24, 2.45) is 0 Å². The molecule has 2 heterocycles. The van der Waals surface area contributed by atoms with Crippen molar-refractivity contribution in [2.45, 2.75) is 25.7 Å². The summed E-state index contributed by atoms with van der Waals surface area (Å²) in [6, 6.07) is 15.6. The first-order valence-corrected chi connectivity index (χ1v) is 10.2. The highest BCUT2D eigenvalue weighted by molar-refractivity contribution is 7.23. The highest BCUT2D eigenvalue weighted by Crippen LogP contribution is 2.48. The first kappa shape index (κ1) is 14.6. The zero-order valence-corrected chi connectivity index (χ0v) is 15.3. The molecule has 2 aliphatic carbocycles. The molecule has 0 atom stereocenters. The van der Waals surface area contributed by atoms with Crippen molar-refractivity contribution in [1.29, 1.82) is 0 Å². The Balaban J connectivity index is 1.66. The molecule has 2 aromatic carbocycles. The molecule has 0 unspecified atom stereocenters. The smallest absolute Gasteiger partial charge is 0.0462 e. The summed E-state index contributed by atoms with van der Waals surface area (Å²) in [5.74, 6) is 0. The maximum absolute atomic E-state index is 3.67. The van der Waals surface area contributed by atoms with Gasteiger partial charge in [0.05, 0.1) is 0 Å². The van der Waals surface area contributed by atoms with Crippen LogP contribution in [0.1, 0.15) is 29.7 Å². The number of benzene rings is 2. The van der Waals surface area contributed by atoms with Crippen molar-refractivity contribution >= 4 is 37.9 Å². The van der Waals surface area contributed by atoms with Crippen LogP contribution in [0.25, 0.3) is 37.0 Å². The van der Waals surface area contributed by atoms with Gasteiger partial charge in [-0.15, -0.1) is 11.3 Å². The minimum Gasteiger partial charge on any atom is -0.358 e. The van der Waals surface area contributed by atoms with Crippen LogP contribution >= 0.6 is 11.3 Å². The fourth-order valence-corrected chi connectivity index (χ4v) is 6.08. The van der Waals surface area contributed by atoms with Crippen LogP contribution in [0.15, 0.2) is 60.7 Å². The van der Waals surface area contributed by atoms with Crippen LogP contribution in [-0.4, -0.2) is 4.98 Å². The second kappa shape index (κ2) is 5.46. The maximum atomic E-state index is 3.67. The number of aromatic amines is 1. The highest BCUT2D eigenvalue weighted by atomic mass is 32.1. The fourth-order valence-electron chi connectivity index (χ4n) is 4.60. The second-order valence-corrected chi connectivity index (χ2v) is 8.30. The molecule has 0 spiro atoms. The lowest BCUT2D eigenvalue weighted by Crippen LogP contribution is -2.00. The van der Waals surface area contributed by atoms with Gasteiger partial charge in [-0.3, -0.25) is 0 Å². The Kier molecular flexibility index (Phi) is 3.06. The highest BCUT2D eigenvalue weighted by Gasteiger charge is 2.25. The fraction of sp³-hybridized carbons (Fsp3) is 0.167. The molecule has 0 radical (unpaired) electrons. The zero-order valence-electron chi connectivity index (χ0n) is 14.5. The molecule has 6 rings (SSSR count). The Bertz CT molecular complexity index is 1230. The standard InChI is InChI=1S/C24H19NS/c1-2-7-15(8-3-1)16-10-6-11-17-18-13-14-21-22(24(18)26-23(16)17)19-9-4-5-12-20(19)25-21/h1-2,4-7,9-12,25H,3,8,13-14H2. The molecule has 2 heteroatoms. The van der Waals surface area contributed by atoms with Crippen LogP contribution in [0, 0.1) is 0 Å². The molecule has 126 valence electrons. The Labute approximate surface area is 156 Å². The van der Waals surface area contributed by atoms with E-state index in [9.17, 15) is 0 Å². The van der Waals surface area contributed by atoms with Gasteiger partial charge in [-0.1, -0.05) is 54.6 Å². The number of aromatic nitrogens is 1. The number of aryl methyl sites for hydroxylation is 2. The van der Waals surface area contributed by atoms with E-state index in [1.807, 2.05) is 11.3 Å². The van der Waals surface area contributed by atoms with Gasteiger partial charge in [0, 0.05) is 31.7 Å². The minimum absolute atomic E-state index is 1.11. The molecule has 2 aliphatic rings. The monoisotopic (exact) mass is 353 g/mol. The van der Waals surface area contributed by atoms with Crippen molar-refractivity contribution in [2.75, 3.05) is 0 Å². The molecule has 26 heavy (non-hydrogen) atoms. The van der Waals surface area contributed by atoms with Gasteiger partial charge in [0.25, 0.3) is 0 Å². The summed E-state index contributed by atoms with van der Waals surface area (Å²) in [6.07, 6.45) is 11.3. The van der Waals surface area contributed by atoms with E-state index < -0.39 is 0 Å². The molecular formula is C24H19NS. The molecule has 1 nitrogen and oxygen atoms in total. The molecule has 0 saturated carbocycles. The van der Waals surface area contributed by atoms with Crippen molar-refractivity contribution in [1.82, 2.24) is 4.98 Å². The Hall–Kier alpha value is -2.58. The number of rotatable bonds is 1.